The fourth-order valence-corrected chi connectivity index (χ4v) is 2.71. The molecule has 3 rings (SSSR count). The Hall–Kier alpha value is -1.33. The number of hydrogen-bond acceptors (Lipinski definition) is 3. The summed E-state index contributed by atoms with van der Waals surface area (Å²) in [5.41, 5.74) is 2.34. The van der Waals surface area contributed by atoms with Crippen molar-refractivity contribution in [1.82, 2.24) is 15.5 Å². The first-order valence-corrected chi connectivity index (χ1v) is 7.26. The molecule has 0 spiro atoms. The van der Waals surface area contributed by atoms with Crippen molar-refractivity contribution in [3.63, 3.8) is 0 Å². The molecule has 0 aliphatic carbocycles. The Morgan fingerprint density at radius 2 is 2.37 bits per heavy atom. The van der Waals surface area contributed by atoms with Crippen molar-refractivity contribution >= 4 is 15.9 Å². The van der Waals surface area contributed by atoms with Gasteiger partial charge >= 0.3 is 0 Å². The molecule has 1 aromatic heterocycles. The maximum atomic E-state index is 5.81. The van der Waals surface area contributed by atoms with E-state index < -0.39 is 0 Å². The van der Waals surface area contributed by atoms with Crippen LogP contribution in [-0.2, 0) is 6.54 Å². The molecular formula is C14H16BrN3O. The molecule has 2 aromatic rings. The lowest BCUT2D eigenvalue weighted by molar-refractivity contribution is 0.315. The van der Waals surface area contributed by atoms with E-state index in [4.69, 9.17) is 4.74 Å². The Bertz CT molecular complexity index is 542. The zero-order valence-corrected chi connectivity index (χ0v) is 12.1. The topological polar surface area (TPSA) is 49.9 Å². The van der Waals surface area contributed by atoms with Crippen molar-refractivity contribution in [3.8, 4) is 5.75 Å². The minimum absolute atomic E-state index is 0.328. The highest BCUT2D eigenvalue weighted by atomic mass is 79.9. The predicted molar refractivity (Wildman–Crippen MR) is 77.0 cm³/mol. The zero-order valence-electron chi connectivity index (χ0n) is 10.5. The highest BCUT2D eigenvalue weighted by Crippen LogP contribution is 2.33. The number of benzene rings is 1. The van der Waals surface area contributed by atoms with Gasteiger partial charge in [-0.3, -0.25) is 5.10 Å². The highest BCUT2D eigenvalue weighted by Gasteiger charge is 2.19. The minimum Gasteiger partial charge on any atom is -0.493 e. The van der Waals surface area contributed by atoms with Gasteiger partial charge in [-0.2, -0.15) is 5.10 Å². The number of rotatable bonds is 3. The highest BCUT2D eigenvalue weighted by molar-refractivity contribution is 9.10. The predicted octanol–water partition coefficient (Wildman–Crippen LogP) is 3.18. The van der Waals surface area contributed by atoms with Gasteiger partial charge in [0, 0.05) is 34.5 Å². The summed E-state index contributed by atoms with van der Waals surface area (Å²) < 4.78 is 6.86. The number of halogens is 1. The molecule has 1 aromatic carbocycles. The number of aromatic amines is 1. The summed E-state index contributed by atoms with van der Waals surface area (Å²) in [5.74, 6) is 0.981. The first kappa shape index (κ1) is 12.7. The lowest BCUT2D eigenvalue weighted by atomic mass is 10.0. The van der Waals surface area contributed by atoms with Gasteiger partial charge in [-0.05, 0) is 31.0 Å². The Kier molecular flexibility index (Phi) is 3.84. The number of fused-ring (bicyclic) bond motifs is 1. The summed E-state index contributed by atoms with van der Waals surface area (Å²) in [5, 5.41) is 10.5. The number of aromatic nitrogens is 2. The number of nitrogens with one attached hydrogen (secondary N) is 2. The van der Waals surface area contributed by atoms with Crippen LogP contribution in [-0.4, -0.2) is 16.8 Å². The molecule has 0 bridgehead atoms. The molecule has 2 heterocycles. The van der Waals surface area contributed by atoms with Gasteiger partial charge in [0.2, 0.25) is 0 Å². The standard InChI is InChI=1S/C14H16BrN3O/c15-10-3-4-12-13(2-1-7-19-14(12)8-10)16-9-11-5-6-17-18-11/h3-6,8,13,16H,1-2,7,9H2,(H,17,18). The molecule has 1 atom stereocenters. The Morgan fingerprint density at radius 3 is 3.21 bits per heavy atom. The van der Waals surface area contributed by atoms with Crippen LogP contribution in [0.15, 0.2) is 34.9 Å². The average Bonchev–Trinajstić information content (AvgIpc) is 2.84. The van der Waals surface area contributed by atoms with Gasteiger partial charge in [-0.15, -0.1) is 0 Å². The SMILES string of the molecule is Brc1ccc2c(c1)OCCCC2NCc1ccn[nH]1. The summed E-state index contributed by atoms with van der Waals surface area (Å²) in [7, 11) is 0. The third kappa shape index (κ3) is 2.98. The molecule has 2 N–H and O–H groups in total. The molecule has 100 valence electrons. The van der Waals surface area contributed by atoms with Crippen LogP contribution in [0.3, 0.4) is 0 Å². The van der Waals surface area contributed by atoms with Gasteiger partial charge in [0.05, 0.1) is 6.61 Å². The van der Waals surface area contributed by atoms with E-state index in [-0.39, 0.29) is 0 Å². The summed E-state index contributed by atoms with van der Waals surface area (Å²) in [6, 6.07) is 8.57. The second-order valence-corrected chi connectivity index (χ2v) is 5.60. The van der Waals surface area contributed by atoms with E-state index in [0.717, 1.165) is 41.9 Å². The first-order valence-electron chi connectivity index (χ1n) is 6.47. The first-order chi connectivity index (χ1) is 9.33. The van der Waals surface area contributed by atoms with Gasteiger partial charge in [0.25, 0.3) is 0 Å². The second-order valence-electron chi connectivity index (χ2n) is 4.69. The fraction of sp³-hybridized carbons (Fsp3) is 0.357. The van der Waals surface area contributed by atoms with Crippen LogP contribution in [0.1, 0.15) is 30.1 Å². The maximum Gasteiger partial charge on any atom is 0.125 e. The van der Waals surface area contributed by atoms with Crippen LogP contribution in [0.4, 0.5) is 0 Å². The van der Waals surface area contributed by atoms with Crippen LogP contribution in [0.5, 0.6) is 5.75 Å². The molecule has 0 saturated carbocycles. The smallest absolute Gasteiger partial charge is 0.125 e. The summed E-state index contributed by atoms with van der Waals surface area (Å²) in [4.78, 5) is 0. The van der Waals surface area contributed by atoms with E-state index in [1.807, 2.05) is 12.1 Å². The third-order valence-corrected chi connectivity index (χ3v) is 3.84. The number of ether oxygens (including phenoxy) is 1. The van der Waals surface area contributed by atoms with Crippen LogP contribution >= 0.6 is 15.9 Å². The van der Waals surface area contributed by atoms with E-state index in [1.54, 1.807) is 6.20 Å². The Balaban J connectivity index is 1.78. The molecule has 1 unspecified atom stereocenters. The molecule has 19 heavy (non-hydrogen) atoms. The quantitative estimate of drug-likeness (QED) is 0.912. The Labute approximate surface area is 120 Å². The summed E-state index contributed by atoms with van der Waals surface area (Å²) >= 11 is 3.49. The van der Waals surface area contributed by atoms with Gasteiger partial charge in [0.1, 0.15) is 5.75 Å². The molecule has 5 heteroatoms. The molecule has 0 radical (unpaired) electrons. The van der Waals surface area contributed by atoms with E-state index in [1.165, 1.54) is 5.56 Å². The summed E-state index contributed by atoms with van der Waals surface area (Å²) in [6.07, 6.45) is 3.92. The second kappa shape index (κ2) is 5.75. The largest absolute Gasteiger partial charge is 0.493 e. The monoisotopic (exact) mass is 321 g/mol. The average molecular weight is 322 g/mol. The molecule has 0 saturated heterocycles. The zero-order chi connectivity index (χ0) is 13.1. The molecular weight excluding hydrogens is 306 g/mol. The lowest BCUT2D eigenvalue weighted by Gasteiger charge is -2.18. The van der Waals surface area contributed by atoms with Gasteiger partial charge < -0.3 is 10.1 Å². The van der Waals surface area contributed by atoms with E-state index >= 15 is 0 Å². The Morgan fingerprint density at radius 1 is 1.42 bits per heavy atom. The molecule has 0 fully saturated rings. The maximum absolute atomic E-state index is 5.81. The molecule has 1 aliphatic heterocycles. The normalized spacial score (nSPS) is 18.5. The third-order valence-electron chi connectivity index (χ3n) is 3.34. The van der Waals surface area contributed by atoms with Crippen molar-refractivity contribution < 1.29 is 4.74 Å². The van der Waals surface area contributed by atoms with Gasteiger partial charge in [-0.25, -0.2) is 0 Å². The fourth-order valence-electron chi connectivity index (χ4n) is 2.37. The molecule has 1 aliphatic rings. The van der Waals surface area contributed by atoms with Crippen LogP contribution in [0.2, 0.25) is 0 Å². The lowest BCUT2D eigenvalue weighted by Crippen LogP contribution is -2.20. The van der Waals surface area contributed by atoms with E-state index in [9.17, 15) is 0 Å². The van der Waals surface area contributed by atoms with E-state index in [0.29, 0.717) is 6.04 Å². The van der Waals surface area contributed by atoms with Crippen molar-refractivity contribution in [3.05, 3.63) is 46.2 Å². The van der Waals surface area contributed by atoms with Crippen molar-refractivity contribution in [2.75, 3.05) is 6.61 Å². The minimum atomic E-state index is 0.328. The number of H-pyrrole nitrogens is 1. The molecule has 4 nitrogen and oxygen atoms in total. The summed E-state index contributed by atoms with van der Waals surface area (Å²) in [6.45, 7) is 1.58. The van der Waals surface area contributed by atoms with Crippen molar-refractivity contribution in [1.29, 1.82) is 0 Å². The van der Waals surface area contributed by atoms with Crippen molar-refractivity contribution in [2.45, 2.75) is 25.4 Å². The van der Waals surface area contributed by atoms with Crippen LogP contribution < -0.4 is 10.1 Å². The number of nitrogens with zero attached hydrogens (tertiary/aromatic N) is 1. The van der Waals surface area contributed by atoms with Gasteiger partial charge in [0.15, 0.2) is 0 Å². The van der Waals surface area contributed by atoms with Crippen LogP contribution in [0, 0.1) is 0 Å². The van der Waals surface area contributed by atoms with Crippen LogP contribution in [0.25, 0.3) is 0 Å². The van der Waals surface area contributed by atoms with Gasteiger partial charge in [-0.1, -0.05) is 22.0 Å². The molecule has 0 amide bonds. The van der Waals surface area contributed by atoms with E-state index in [2.05, 4.69) is 43.6 Å². The number of hydrogen-bond donors (Lipinski definition) is 2. The van der Waals surface area contributed by atoms with Crippen molar-refractivity contribution in [2.24, 2.45) is 0 Å².